The summed E-state index contributed by atoms with van der Waals surface area (Å²) in [6.07, 6.45) is -1.63. The lowest BCUT2D eigenvalue weighted by Gasteiger charge is -2.30. The van der Waals surface area contributed by atoms with Crippen LogP contribution in [0.1, 0.15) is 44.1 Å². The van der Waals surface area contributed by atoms with Crippen LogP contribution in [-0.4, -0.2) is 11.9 Å². The Morgan fingerprint density at radius 2 is 0.964 bits per heavy atom. The molecular formula is C22H14Cl2O4. The van der Waals surface area contributed by atoms with Crippen molar-refractivity contribution in [3.05, 3.63) is 105 Å². The molecule has 0 aromatic heterocycles. The molecule has 2 atom stereocenters. The lowest BCUT2D eigenvalue weighted by atomic mass is 9.96. The minimum absolute atomic E-state index is 0.0202. The van der Waals surface area contributed by atoms with Gasteiger partial charge < -0.3 is 9.47 Å². The van der Waals surface area contributed by atoms with Crippen molar-refractivity contribution < 1.29 is 19.1 Å². The molecule has 0 radical (unpaired) electrons. The number of hydrogen-bond acceptors (Lipinski definition) is 4. The highest BCUT2D eigenvalue weighted by Gasteiger charge is 2.37. The smallest absolute Gasteiger partial charge is 0.339 e. The number of hydrogen-bond donors (Lipinski definition) is 0. The molecule has 4 nitrogen and oxygen atoms in total. The number of carbonyl (C=O) groups excluding carboxylic acids is 2. The van der Waals surface area contributed by atoms with E-state index in [4.69, 9.17) is 32.7 Å². The number of ether oxygens (including phenoxy) is 2. The molecule has 0 saturated heterocycles. The molecule has 0 N–H and O–H groups in total. The largest absolute Gasteiger partial charge is 0.449 e. The van der Waals surface area contributed by atoms with Crippen LogP contribution in [0.4, 0.5) is 0 Å². The van der Waals surface area contributed by atoms with Gasteiger partial charge in [-0.1, -0.05) is 83.9 Å². The lowest BCUT2D eigenvalue weighted by molar-refractivity contribution is -0.0424. The maximum absolute atomic E-state index is 12.9. The monoisotopic (exact) mass is 412 g/mol. The SMILES string of the molecule is O=C1O[C@H](c2ccccc2)[C@@H](c2ccccc2)OC(=O)c2cc(Cl)c(Cl)cc21. The molecule has 0 bridgehead atoms. The highest BCUT2D eigenvalue weighted by Crippen LogP contribution is 2.39. The summed E-state index contributed by atoms with van der Waals surface area (Å²) in [7, 11) is 0. The van der Waals surface area contributed by atoms with Crippen molar-refractivity contribution in [2.45, 2.75) is 12.2 Å². The van der Waals surface area contributed by atoms with Gasteiger partial charge in [-0.25, -0.2) is 9.59 Å². The van der Waals surface area contributed by atoms with E-state index in [0.29, 0.717) is 11.1 Å². The fourth-order valence-corrected chi connectivity index (χ4v) is 3.46. The Kier molecular flexibility index (Phi) is 5.07. The second-order valence-electron chi connectivity index (χ2n) is 6.29. The van der Waals surface area contributed by atoms with Crippen LogP contribution in [0, 0.1) is 0 Å². The van der Waals surface area contributed by atoms with Crippen molar-refractivity contribution >= 4 is 35.1 Å². The second kappa shape index (κ2) is 7.66. The van der Waals surface area contributed by atoms with Gasteiger partial charge in [0.2, 0.25) is 0 Å². The zero-order valence-corrected chi connectivity index (χ0v) is 16.0. The number of rotatable bonds is 2. The van der Waals surface area contributed by atoms with E-state index in [1.165, 1.54) is 12.1 Å². The lowest BCUT2D eigenvalue weighted by Crippen LogP contribution is -2.28. The number of benzene rings is 3. The predicted molar refractivity (Wildman–Crippen MR) is 106 cm³/mol. The fourth-order valence-electron chi connectivity index (χ4n) is 3.14. The third-order valence-corrected chi connectivity index (χ3v) is 5.22. The number of carbonyl (C=O) groups is 2. The topological polar surface area (TPSA) is 52.6 Å². The summed E-state index contributed by atoms with van der Waals surface area (Å²) in [5.41, 5.74) is 1.46. The molecule has 0 saturated carbocycles. The molecule has 4 rings (SSSR count). The molecule has 6 heteroatoms. The second-order valence-corrected chi connectivity index (χ2v) is 7.10. The van der Waals surface area contributed by atoms with Crippen LogP contribution in [-0.2, 0) is 9.47 Å². The summed E-state index contributed by atoms with van der Waals surface area (Å²) in [6, 6.07) is 21.0. The Balaban J connectivity index is 1.86. The van der Waals surface area contributed by atoms with E-state index in [1.54, 1.807) is 0 Å². The van der Waals surface area contributed by atoms with Crippen molar-refractivity contribution in [3.63, 3.8) is 0 Å². The Bertz CT molecular complexity index is 951. The van der Waals surface area contributed by atoms with Gasteiger partial charge in [0.25, 0.3) is 0 Å². The standard InChI is InChI=1S/C22H14Cl2O4/c23-17-11-15-16(12-18(17)24)22(26)28-20(14-9-5-2-6-10-14)19(27-21(15)25)13-7-3-1-4-8-13/h1-12,19-20H/t19-,20-/m1/s1. The van der Waals surface area contributed by atoms with Gasteiger partial charge in [0.1, 0.15) is 0 Å². The van der Waals surface area contributed by atoms with Crippen molar-refractivity contribution in [1.82, 2.24) is 0 Å². The molecule has 140 valence electrons. The minimum Gasteiger partial charge on any atom is -0.449 e. The van der Waals surface area contributed by atoms with Crippen LogP contribution in [0.5, 0.6) is 0 Å². The zero-order valence-electron chi connectivity index (χ0n) is 14.5. The Hall–Kier alpha value is -2.82. The molecule has 1 aliphatic heterocycles. The van der Waals surface area contributed by atoms with Gasteiger partial charge in [0, 0.05) is 0 Å². The van der Waals surface area contributed by atoms with Crippen molar-refractivity contribution in [1.29, 1.82) is 0 Å². The first-order valence-electron chi connectivity index (χ1n) is 8.55. The van der Waals surface area contributed by atoms with Gasteiger partial charge in [-0.2, -0.15) is 0 Å². The number of fused-ring (bicyclic) bond motifs is 1. The van der Waals surface area contributed by atoms with Crippen molar-refractivity contribution in [3.8, 4) is 0 Å². The van der Waals surface area contributed by atoms with Crippen LogP contribution in [0.15, 0.2) is 72.8 Å². The van der Waals surface area contributed by atoms with E-state index < -0.39 is 24.1 Å². The van der Waals surface area contributed by atoms with E-state index in [9.17, 15) is 9.59 Å². The first-order chi connectivity index (χ1) is 13.5. The van der Waals surface area contributed by atoms with Gasteiger partial charge in [-0.3, -0.25) is 0 Å². The summed E-state index contributed by atoms with van der Waals surface area (Å²) in [4.78, 5) is 25.8. The normalized spacial score (nSPS) is 19.1. The molecule has 0 spiro atoms. The summed E-state index contributed by atoms with van der Waals surface area (Å²) < 4.78 is 11.6. The summed E-state index contributed by atoms with van der Waals surface area (Å²) >= 11 is 12.1. The third kappa shape index (κ3) is 3.49. The number of cyclic esters (lactones) is 2. The van der Waals surface area contributed by atoms with Crippen molar-refractivity contribution in [2.24, 2.45) is 0 Å². The summed E-state index contributed by atoms with van der Waals surface area (Å²) in [5, 5.41) is 0.309. The quantitative estimate of drug-likeness (QED) is 0.498. The van der Waals surface area contributed by atoms with Gasteiger partial charge in [0.15, 0.2) is 12.2 Å². The molecule has 3 aromatic rings. The minimum atomic E-state index is -0.817. The predicted octanol–water partition coefficient (Wildman–Crippen LogP) is 5.80. The van der Waals surface area contributed by atoms with Gasteiger partial charge >= 0.3 is 11.9 Å². The molecule has 0 unspecified atom stereocenters. The van der Waals surface area contributed by atoms with Gasteiger partial charge in [-0.05, 0) is 23.3 Å². The average molecular weight is 413 g/mol. The van der Waals surface area contributed by atoms with E-state index in [0.717, 1.165) is 0 Å². The van der Waals surface area contributed by atoms with Crippen LogP contribution < -0.4 is 0 Å². The van der Waals surface area contributed by atoms with E-state index in [2.05, 4.69) is 0 Å². The van der Waals surface area contributed by atoms with E-state index >= 15 is 0 Å². The molecule has 0 aliphatic carbocycles. The molecule has 3 aromatic carbocycles. The number of halogens is 2. The summed E-state index contributed by atoms with van der Waals surface area (Å²) in [5.74, 6) is -1.33. The van der Waals surface area contributed by atoms with Crippen LogP contribution >= 0.6 is 23.2 Å². The molecule has 1 heterocycles. The van der Waals surface area contributed by atoms with E-state index in [1.807, 2.05) is 60.7 Å². The fraction of sp³-hybridized carbons (Fsp3) is 0.0909. The summed E-state index contributed by atoms with van der Waals surface area (Å²) in [6.45, 7) is 0. The van der Waals surface area contributed by atoms with Crippen LogP contribution in [0.25, 0.3) is 0 Å². The first kappa shape index (κ1) is 18.5. The molecule has 28 heavy (non-hydrogen) atoms. The van der Waals surface area contributed by atoms with E-state index in [-0.39, 0.29) is 21.2 Å². The molecule has 0 amide bonds. The Labute approximate surface area is 171 Å². The molecule has 1 aliphatic rings. The highest BCUT2D eigenvalue weighted by atomic mass is 35.5. The Morgan fingerprint density at radius 3 is 1.32 bits per heavy atom. The van der Waals surface area contributed by atoms with Crippen LogP contribution in [0.3, 0.4) is 0 Å². The highest BCUT2D eigenvalue weighted by molar-refractivity contribution is 6.42. The third-order valence-electron chi connectivity index (χ3n) is 4.50. The first-order valence-corrected chi connectivity index (χ1v) is 9.31. The van der Waals surface area contributed by atoms with Crippen molar-refractivity contribution in [2.75, 3.05) is 0 Å². The van der Waals surface area contributed by atoms with Crippen LogP contribution in [0.2, 0.25) is 10.0 Å². The maximum Gasteiger partial charge on any atom is 0.339 e. The van der Waals surface area contributed by atoms with Gasteiger partial charge in [0.05, 0.1) is 21.2 Å². The van der Waals surface area contributed by atoms with Gasteiger partial charge in [-0.15, -0.1) is 0 Å². The number of esters is 2. The Morgan fingerprint density at radius 1 is 0.607 bits per heavy atom. The molecule has 0 fully saturated rings. The zero-order chi connectivity index (χ0) is 19.7. The molecular weight excluding hydrogens is 399 g/mol. The average Bonchev–Trinajstić information content (AvgIpc) is 2.72. The maximum atomic E-state index is 12.9.